The van der Waals surface area contributed by atoms with E-state index in [9.17, 15) is 9.59 Å². The Morgan fingerprint density at radius 2 is 1.81 bits per heavy atom. The van der Waals surface area contributed by atoms with E-state index in [-0.39, 0.29) is 36.5 Å². The van der Waals surface area contributed by atoms with Crippen LogP contribution in [0.15, 0.2) is 60.7 Å². The van der Waals surface area contributed by atoms with E-state index in [0.717, 1.165) is 30.5 Å². The molecular weight excluding hydrogens is 404 g/mol. The van der Waals surface area contributed by atoms with Gasteiger partial charge < -0.3 is 20.1 Å². The van der Waals surface area contributed by atoms with Crippen LogP contribution >= 0.6 is 0 Å². The van der Waals surface area contributed by atoms with E-state index >= 15 is 0 Å². The largest absolute Gasteiger partial charge is 0.459 e. The van der Waals surface area contributed by atoms with Crippen molar-refractivity contribution in [1.82, 2.24) is 10.6 Å². The molecule has 5 atom stereocenters. The van der Waals surface area contributed by atoms with Gasteiger partial charge in [0.25, 0.3) is 0 Å². The highest BCUT2D eigenvalue weighted by Crippen LogP contribution is 2.52. The van der Waals surface area contributed by atoms with Gasteiger partial charge in [-0.2, -0.15) is 0 Å². The number of carbonyl (C=O) groups is 2. The van der Waals surface area contributed by atoms with Gasteiger partial charge in [0.2, 0.25) is 5.91 Å². The first-order valence-corrected chi connectivity index (χ1v) is 11.4. The zero-order valence-corrected chi connectivity index (χ0v) is 18.8. The van der Waals surface area contributed by atoms with Crippen molar-refractivity contribution < 1.29 is 19.1 Å². The van der Waals surface area contributed by atoms with Gasteiger partial charge in [0.1, 0.15) is 12.1 Å². The number of methoxy groups -OCH3 is 1. The lowest BCUT2D eigenvalue weighted by Crippen LogP contribution is -2.52. The molecule has 1 heterocycles. The van der Waals surface area contributed by atoms with E-state index in [1.807, 2.05) is 67.6 Å². The van der Waals surface area contributed by atoms with Crippen molar-refractivity contribution in [3.8, 4) is 0 Å². The van der Waals surface area contributed by atoms with Crippen LogP contribution in [0.3, 0.4) is 0 Å². The monoisotopic (exact) mass is 436 g/mol. The second-order valence-corrected chi connectivity index (χ2v) is 8.88. The molecule has 1 saturated heterocycles. The van der Waals surface area contributed by atoms with E-state index in [2.05, 4.69) is 10.6 Å². The van der Waals surface area contributed by atoms with Crippen molar-refractivity contribution in [2.24, 2.45) is 5.92 Å². The number of hydrogen-bond acceptors (Lipinski definition) is 5. The van der Waals surface area contributed by atoms with E-state index < -0.39 is 11.5 Å². The number of ether oxygens (including phenoxy) is 2. The van der Waals surface area contributed by atoms with Crippen molar-refractivity contribution >= 4 is 11.9 Å². The van der Waals surface area contributed by atoms with Gasteiger partial charge in [-0.05, 0) is 36.9 Å². The van der Waals surface area contributed by atoms with E-state index in [0.29, 0.717) is 6.42 Å². The third-order valence-electron chi connectivity index (χ3n) is 6.76. The Hall–Kier alpha value is -2.70. The molecule has 2 aromatic rings. The number of rotatable bonds is 9. The molecule has 0 radical (unpaired) electrons. The summed E-state index contributed by atoms with van der Waals surface area (Å²) in [6.45, 7) is 2.98. The molecule has 1 aliphatic heterocycles. The maximum Gasteiger partial charge on any atom is 0.332 e. The second-order valence-electron chi connectivity index (χ2n) is 8.88. The molecular formula is C26H32N2O4. The van der Waals surface area contributed by atoms with E-state index in [4.69, 9.17) is 9.47 Å². The molecule has 6 nitrogen and oxygen atoms in total. The third kappa shape index (κ3) is 4.71. The Kier molecular flexibility index (Phi) is 6.92. The van der Waals surface area contributed by atoms with Crippen LogP contribution in [0.1, 0.15) is 43.2 Å². The minimum absolute atomic E-state index is 0.103. The van der Waals surface area contributed by atoms with Crippen molar-refractivity contribution in [2.75, 3.05) is 13.7 Å². The van der Waals surface area contributed by atoms with Crippen LogP contribution in [0.25, 0.3) is 0 Å². The van der Waals surface area contributed by atoms with Crippen LogP contribution in [0.4, 0.5) is 0 Å². The minimum atomic E-state index is -1.04. The summed E-state index contributed by atoms with van der Waals surface area (Å²) in [4.78, 5) is 26.5. The van der Waals surface area contributed by atoms with Gasteiger partial charge in [0, 0.05) is 19.1 Å². The molecule has 0 spiro atoms. The zero-order chi connectivity index (χ0) is 22.6. The Labute approximate surface area is 189 Å². The number of carbonyl (C=O) groups excluding carboxylic acids is 2. The minimum Gasteiger partial charge on any atom is -0.459 e. The summed E-state index contributed by atoms with van der Waals surface area (Å²) in [6, 6.07) is 19.6. The Morgan fingerprint density at radius 3 is 2.44 bits per heavy atom. The van der Waals surface area contributed by atoms with Crippen LogP contribution in [-0.4, -0.2) is 43.2 Å². The predicted octanol–water partition coefficient (Wildman–Crippen LogP) is 3.18. The number of esters is 1. The Morgan fingerprint density at radius 1 is 1.12 bits per heavy atom. The quantitative estimate of drug-likeness (QED) is 0.591. The molecule has 4 rings (SSSR count). The van der Waals surface area contributed by atoms with E-state index in [1.165, 1.54) is 0 Å². The average molecular weight is 437 g/mol. The van der Waals surface area contributed by atoms with Crippen molar-refractivity contribution in [3.05, 3.63) is 71.8 Å². The first-order chi connectivity index (χ1) is 15.5. The lowest BCUT2D eigenvalue weighted by molar-refractivity contribution is -0.151. The van der Waals surface area contributed by atoms with Crippen LogP contribution in [0, 0.1) is 5.92 Å². The summed E-state index contributed by atoms with van der Waals surface area (Å²) < 4.78 is 11.4. The lowest BCUT2D eigenvalue weighted by atomic mass is 9.95. The fourth-order valence-electron chi connectivity index (χ4n) is 4.81. The molecule has 1 amide bonds. The van der Waals surface area contributed by atoms with Crippen LogP contribution in [0.5, 0.6) is 0 Å². The van der Waals surface area contributed by atoms with Crippen molar-refractivity contribution in [1.29, 1.82) is 0 Å². The van der Waals surface area contributed by atoms with Gasteiger partial charge in [-0.25, -0.2) is 4.79 Å². The molecule has 2 aromatic carbocycles. The number of nitrogens with one attached hydrogen (secondary N) is 2. The summed E-state index contributed by atoms with van der Waals surface area (Å²) in [5.74, 6) is -1.07. The summed E-state index contributed by atoms with van der Waals surface area (Å²) in [5.41, 5.74) is 0.903. The average Bonchev–Trinajstić information content (AvgIpc) is 3.30. The Balaban J connectivity index is 1.49. The zero-order valence-electron chi connectivity index (χ0n) is 18.8. The van der Waals surface area contributed by atoms with Gasteiger partial charge in [-0.1, -0.05) is 67.6 Å². The highest BCUT2D eigenvalue weighted by atomic mass is 16.5. The maximum atomic E-state index is 13.3. The van der Waals surface area contributed by atoms with E-state index in [1.54, 1.807) is 7.11 Å². The van der Waals surface area contributed by atoms with Gasteiger partial charge in [-0.3, -0.25) is 4.79 Å². The van der Waals surface area contributed by atoms with Gasteiger partial charge >= 0.3 is 5.97 Å². The topological polar surface area (TPSA) is 76.7 Å². The highest BCUT2D eigenvalue weighted by Gasteiger charge is 2.63. The van der Waals surface area contributed by atoms with Crippen LogP contribution in [-0.2, 0) is 25.7 Å². The lowest BCUT2D eigenvalue weighted by Gasteiger charge is -2.29. The molecule has 32 heavy (non-hydrogen) atoms. The predicted molar refractivity (Wildman–Crippen MR) is 122 cm³/mol. The molecule has 1 saturated carbocycles. The fraction of sp³-hybridized carbons (Fsp3) is 0.462. The number of hydrogen-bond donors (Lipinski definition) is 2. The number of amides is 1. The molecule has 0 bridgehead atoms. The molecule has 2 fully saturated rings. The van der Waals surface area contributed by atoms with Gasteiger partial charge in [0.05, 0.1) is 12.0 Å². The van der Waals surface area contributed by atoms with Gasteiger partial charge in [-0.15, -0.1) is 0 Å². The molecule has 2 aliphatic rings. The summed E-state index contributed by atoms with van der Waals surface area (Å²) in [5, 5.41) is 6.49. The molecule has 0 aromatic heterocycles. The van der Waals surface area contributed by atoms with Crippen molar-refractivity contribution in [2.45, 2.75) is 56.4 Å². The van der Waals surface area contributed by atoms with Crippen LogP contribution < -0.4 is 10.6 Å². The molecule has 6 heteroatoms. The molecule has 2 N–H and O–H groups in total. The molecule has 1 aliphatic carbocycles. The third-order valence-corrected chi connectivity index (χ3v) is 6.76. The summed E-state index contributed by atoms with van der Waals surface area (Å²) in [7, 11) is 1.64. The van der Waals surface area contributed by atoms with Gasteiger partial charge in [0.15, 0.2) is 0 Å². The normalized spacial score (nSPS) is 26.2. The van der Waals surface area contributed by atoms with Crippen LogP contribution in [0.2, 0.25) is 0 Å². The first-order valence-electron chi connectivity index (χ1n) is 11.4. The standard InChI is InChI=1S/C26H32N2O4/c1-18(23(31-2)22-14-9-15-27-22)24(29)28-26(16-21(26)20-12-7-4-8-13-20)25(30)32-17-19-10-5-3-6-11-19/h3-8,10-13,18,21-23,27H,9,14-17H2,1-2H3,(H,28,29)/t18-,21-,22+,23-,26+/m1/s1. The smallest absolute Gasteiger partial charge is 0.332 e. The summed E-state index contributed by atoms with van der Waals surface area (Å²) in [6.07, 6.45) is 2.34. The highest BCUT2D eigenvalue weighted by molar-refractivity contribution is 5.93. The Bertz CT molecular complexity index is 914. The number of benzene rings is 2. The first kappa shape index (κ1) is 22.5. The second kappa shape index (κ2) is 9.84. The maximum absolute atomic E-state index is 13.3. The fourth-order valence-corrected chi connectivity index (χ4v) is 4.81. The summed E-state index contributed by atoms with van der Waals surface area (Å²) >= 11 is 0. The molecule has 170 valence electrons. The SMILES string of the molecule is CO[C@@H]([C@@H]1CCCN1)[C@@H](C)C(=O)N[C@@]1(C(=O)OCc2ccccc2)C[C@@H]1c1ccccc1. The molecule has 0 unspecified atom stereocenters. The van der Waals surface area contributed by atoms with Crippen molar-refractivity contribution in [3.63, 3.8) is 0 Å².